The normalized spacial score (nSPS) is 19.3. The molecule has 7 nitrogen and oxygen atoms in total. The summed E-state index contributed by atoms with van der Waals surface area (Å²) in [5.74, 6) is -1.57. The number of anilines is 1. The number of rotatable bonds is 7. The highest BCUT2D eigenvalue weighted by Gasteiger charge is 2.47. The van der Waals surface area contributed by atoms with Gasteiger partial charge in [-0.1, -0.05) is 42.5 Å². The summed E-state index contributed by atoms with van der Waals surface area (Å²) in [6, 6.07) is 21.5. The lowest BCUT2D eigenvalue weighted by Gasteiger charge is -2.18. The lowest BCUT2D eigenvalue weighted by atomic mass is 9.85. The van der Waals surface area contributed by atoms with Crippen LogP contribution in [0.4, 0.5) is 5.69 Å². The number of benzene rings is 3. The molecule has 186 valence electrons. The van der Waals surface area contributed by atoms with Crippen molar-refractivity contribution in [3.8, 4) is 5.75 Å². The van der Waals surface area contributed by atoms with Crippen LogP contribution >= 0.6 is 0 Å². The van der Waals surface area contributed by atoms with Gasteiger partial charge in [-0.25, -0.2) is 4.79 Å². The Bertz CT molecular complexity index is 1340. The van der Waals surface area contributed by atoms with Crippen molar-refractivity contribution in [2.75, 3.05) is 12.0 Å². The third-order valence-electron chi connectivity index (χ3n) is 6.81. The molecule has 3 aromatic rings. The monoisotopic (exact) mass is 495 g/mol. The standard InChI is InChI=1S/C30H25NO6/c1-36-23-17-13-19(14-18-23)26(32)27(20-7-3-2-4-8-20)37-30(35)21-11-15-22(16-12-21)31-28(33)24-9-5-6-10-25(24)29(31)34/h2-8,11-18,24-25,27H,9-10H2,1H3/t24-,25+,27-/m1/s1. The fourth-order valence-electron chi connectivity index (χ4n) is 4.78. The Morgan fingerprint density at radius 3 is 1.92 bits per heavy atom. The van der Waals surface area contributed by atoms with Gasteiger partial charge in [-0.05, 0) is 61.4 Å². The molecule has 37 heavy (non-hydrogen) atoms. The fourth-order valence-corrected chi connectivity index (χ4v) is 4.78. The first kappa shape index (κ1) is 24.2. The molecule has 0 aromatic heterocycles. The van der Waals surface area contributed by atoms with Crippen molar-refractivity contribution in [2.45, 2.75) is 18.9 Å². The lowest BCUT2D eigenvalue weighted by molar-refractivity contribution is -0.122. The zero-order valence-electron chi connectivity index (χ0n) is 20.2. The highest BCUT2D eigenvalue weighted by molar-refractivity contribution is 6.22. The summed E-state index contributed by atoms with van der Waals surface area (Å²) in [5.41, 5.74) is 1.53. The van der Waals surface area contributed by atoms with E-state index in [4.69, 9.17) is 9.47 Å². The van der Waals surface area contributed by atoms with E-state index in [-0.39, 0.29) is 35.0 Å². The first-order valence-electron chi connectivity index (χ1n) is 12.0. The Labute approximate surface area is 214 Å². The van der Waals surface area contributed by atoms with Gasteiger partial charge in [-0.3, -0.25) is 19.3 Å². The quantitative estimate of drug-likeness (QED) is 0.200. The van der Waals surface area contributed by atoms with Crippen LogP contribution in [0.3, 0.4) is 0 Å². The number of hydrogen-bond acceptors (Lipinski definition) is 6. The van der Waals surface area contributed by atoms with Gasteiger partial charge in [0.05, 0.1) is 30.2 Å². The fraction of sp³-hybridized carbons (Fsp3) is 0.200. The molecule has 0 N–H and O–H groups in total. The number of esters is 1. The predicted octanol–water partition coefficient (Wildman–Crippen LogP) is 4.93. The maximum Gasteiger partial charge on any atom is 0.339 e. The molecule has 2 aliphatic rings. The number of methoxy groups -OCH3 is 1. The van der Waals surface area contributed by atoms with Gasteiger partial charge in [0.25, 0.3) is 0 Å². The molecule has 2 amide bonds. The van der Waals surface area contributed by atoms with Crippen molar-refractivity contribution in [2.24, 2.45) is 11.8 Å². The van der Waals surface area contributed by atoms with Crippen LogP contribution in [0.5, 0.6) is 5.75 Å². The van der Waals surface area contributed by atoms with Crippen LogP contribution < -0.4 is 9.64 Å². The molecule has 1 aliphatic heterocycles. The Kier molecular flexibility index (Phi) is 6.68. The average molecular weight is 496 g/mol. The molecular formula is C30H25NO6. The van der Waals surface area contributed by atoms with Crippen molar-refractivity contribution < 1.29 is 28.7 Å². The molecule has 0 radical (unpaired) electrons. The largest absolute Gasteiger partial charge is 0.497 e. The van der Waals surface area contributed by atoms with Crippen molar-refractivity contribution >= 4 is 29.3 Å². The second kappa shape index (κ2) is 10.2. The zero-order chi connectivity index (χ0) is 25.9. The summed E-state index contributed by atoms with van der Waals surface area (Å²) in [4.78, 5) is 53.3. The van der Waals surface area contributed by atoms with Gasteiger partial charge in [0, 0.05) is 11.1 Å². The van der Waals surface area contributed by atoms with Gasteiger partial charge >= 0.3 is 5.97 Å². The number of allylic oxidation sites excluding steroid dienone is 2. The van der Waals surface area contributed by atoms with Crippen LogP contribution in [0.1, 0.15) is 45.2 Å². The molecule has 0 spiro atoms. The SMILES string of the molecule is COc1ccc(C(=O)[C@H](OC(=O)c2ccc(N3C(=O)[C@H]4CC=CC[C@H]4C3=O)cc2)c2ccccc2)cc1. The Morgan fingerprint density at radius 2 is 1.35 bits per heavy atom. The molecule has 7 heteroatoms. The third kappa shape index (κ3) is 4.68. The number of carbonyl (C=O) groups is 4. The highest BCUT2D eigenvalue weighted by Crippen LogP contribution is 2.37. The van der Waals surface area contributed by atoms with Gasteiger partial charge in [0.2, 0.25) is 17.6 Å². The van der Waals surface area contributed by atoms with Crippen LogP contribution in [-0.2, 0) is 14.3 Å². The molecule has 5 rings (SSSR count). The Balaban J connectivity index is 1.36. The molecule has 0 unspecified atom stereocenters. The minimum atomic E-state index is -1.15. The van der Waals surface area contributed by atoms with E-state index in [0.717, 1.165) is 0 Å². The number of imide groups is 1. The van der Waals surface area contributed by atoms with E-state index in [1.165, 1.54) is 24.1 Å². The number of hydrogen-bond donors (Lipinski definition) is 0. The third-order valence-corrected chi connectivity index (χ3v) is 6.81. The molecule has 3 aromatic carbocycles. The van der Waals surface area contributed by atoms with E-state index in [1.807, 2.05) is 18.2 Å². The van der Waals surface area contributed by atoms with Crippen molar-refractivity contribution in [1.82, 2.24) is 0 Å². The molecule has 1 saturated heterocycles. The maximum atomic E-state index is 13.3. The van der Waals surface area contributed by atoms with Gasteiger partial charge < -0.3 is 9.47 Å². The summed E-state index contributed by atoms with van der Waals surface area (Å²) < 4.78 is 10.9. The van der Waals surface area contributed by atoms with E-state index in [2.05, 4.69) is 0 Å². The van der Waals surface area contributed by atoms with E-state index >= 15 is 0 Å². The number of Topliss-reactive ketones (excluding diaryl/α,β-unsaturated/α-hetero) is 1. The molecule has 1 aliphatic carbocycles. The maximum absolute atomic E-state index is 13.3. The van der Waals surface area contributed by atoms with Crippen molar-refractivity contribution in [1.29, 1.82) is 0 Å². The van der Waals surface area contributed by atoms with Gasteiger partial charge in [0.15, 0.2) is 6.10 Å². The highest BCUT2D eigenvalue weighted by atomic mass is 16.5. The second-order valence-electron chi connectivity index (χ2n) is 9.00. The topological polar surface area (TPSA) is 90.0 Å². The van der Waals surface area contributed by atoms with Crippen LogP contribution in [0.15, 0.2) is 91.0 Å². The molecule has 1 heterocycles. The number of fused-ring (bicyclic) bond motifs is 1. The molecule has 0 saturated carbocycles. The van der Waals surface area contributed by atoms with E-state index in [1.54, 1.807) is 60.7 Å². The summed E-state index contributed by atoms with van der Waals surface area (Å²) in [5, 5.41) is 0. The van der Waals surface area contributed by atoms with Crippen LogP contribution in [0.2, 0.25) is 0 Å². The zero-order valence-corrected chi connectivity index (χ0v) is 20.2. The predicted molar refractivity (Wildman–Crippen MR) is 136 cm³/mol. The number of ketones is 1. The molecule has 3 atom stereocenters. The molecule has 0 bridgehead atoms. The van der Waals surface area contributed by atoms with Gasteiger partial charge in [-0.15, -0.1) is 0 Å². The summed E-state index contributed by atoms with van der Waals surface area (Å²) in [6.07, 6.45) is 3.83. The molecular weight excluding hydrogens is 470 g/mol. The van der Waals surface area contributed by atoms with Gasteiger partial charge in [0.1, 0.15) is 5.75 Å². The van der Waals surface area contributed by atoms with Crippen molar-refractivity contribution in [3.63, 3.8) is 0 Å². The smallest absolute Gasteiger partial charge is 0.339 e. The summed E-state index contributed by atoms with van der Waals surface area (Å²) in [7, 11) is 1.54. The van der Waals surface area contributed by atoms with E-state index in [0.29, 0.717) is 35.4 Å². The van der Waals surface area contributed by atoms with Crippen molar-refractivity contribution in [3.05, 3.63) is 108 Å². The number of ether oxygens (including phenoxy) is 2. The first-order valence-corrected chi connectivity index (χ1v) is 12.0. The van der Waals surface area contributed by atoms with E-state index in [9.17, 15) is 19.2 Å². The van der Waals surface area contributed by atoms with Crippen LogP contribution in [0.25, 0.3) is 0 Å². The Morgan fingerprint density at radius 1 is 0.784 bits per heavy atom. The molecule has 1 fully saturated rings. The van der Waals surface area contributed by atoms with Crippen LogP contribution in [-0.4, -0.2) is 30.7 Å². The minimum Gasteiger partial charge on any atom is -0.497 e. The average Bonchev–Trinajstić information content (AvgIpc) is 3.21. The summed E-state index contributed by atoms with van der Waals surface area (Å²) in [6.45, 7) is 0. The van der Waals surface area contributed by atoms with Crippen LogP contribution in [0, 0.1) is 11.8 Å². The number of carbonyl (C=O) groups excluding carboxylic acids is 4. The second-order valence-corrected chi connectivity index (χ2v) is 9.00. The first-order chi connectivity index (χ1) is 18.0. The minimum absolute atomic E-state index is 0.199. The Hall–Kier alpha value is -4.52. The summed E-state index contributed by atoms with van der Waals surface area (Å²) >= 11 is 0. The number of nitrogens with zero attached hydrogens (tertiary/aromatic N) is 1. The lowest BCUT2D eigenvalue weighted by Crippen LogP contribution is -2.30. The van der Waals surface area contributed by atoms with E-state index < -0.39 is 12.1 Å². The number of amides is 2. The van der Waals surface area contributed by atoms with Gasteiger partial charge in [-0.2, -0.15) is 0 Å².